The summed E-state index contributed by atoms with van der Waals surface area (Å²) in [5.74, 6) is -5.39. The first-order chi connectivity index (χ1) is 18.2. The standard InChI is InChI=1S/C19H26O19P2/c1-9(2)14(21)29-35-39(27,36-30-15(22)10(3)4)33-18(25)13(20)19(26)34-40(28,37-31-16(23)11(5)6)38-32-17(24)12(7)8/h13,18-20,25-26H,1,3,5,7H2,2,4,6,8H3. The first-order valence-electron chi connectivity index (χ1n) is 10.1. The Morgan fingerprint density at radius 1 is 0.525 bits per heavy atom. The van der Waals surface area contributed by atoms with Gasteiger partial charge in [-0.1, -0.05) is 45.0 Å². The number of rotatable bonds is 18. The van der Waals surface area contributed by atoms with Gasteiger partial charge in [0.05, 0.1) is 0 Å². The van der Waals surface area contributed by atoms with Gasteiger partial charge in [-0.05, 0) is 27.7 Å². The minimum atomic E-state index is -5.52. The summed E-state index contributed by atoms with van der Waals surface area (Å²) in [6.07, 6.45) is -8.74. The molecule has 0 saturated carbocycles. The van der Waals surface area contributed by atoms with Crippen molar-refractivity contribution < 1.29 is 90.9 Å². The molecule has 0 rings (SSSR count). The van der Waals surface area contributed by atoms with Crippen LogP contribution in [-0.2, 0) is 75.6 Å². The molecule has 21 heteroatoms. The Bertz CT molecular complexity index is 973. The van der Waals surface area contributed by atoms with E-state index in [4.69, 9.17) is 0 Å². The average molecular weight is 620 g/mol. The summed E-state index contributed by atoms with van der Waals surface area (Å²) in [5.41, 5.74) is -1.20. The first-order valence-corrected chi connectivity index (χ1v) is 13.0. The zero-order chi connectivity index (χ0) is 31.4. The number of carbonyl (C=O) groups excluding carboxylic acids is 4. The fraction of sp³-hybridized carbons (Fsp3) is 0.368. The van der Waals surface area contributed by atoms with Gasteiger partial charge in [0.25, 0.3) is 0 Å². The molecule has 0 aromatic rings. The van der Waals surface area contributed by atoms with Crippen LogP contribution in [0.5, 0.6) is 0 Å². The van der Waals surface area contributed by atoms with Gasteiger partial charge in [0.15, 0.2) is 18.7 Å². The molecule has 0 radical (unpaired) electrons. The molecular formula is C19H26O19P2. The van der Waals surface area contributed by atoms with E-state index in [-0.39, 0.29) is 22.3 Å². The molecule has 3 N–H and O–H groups in total. The number of phosphoric acid groups is 2. The van der Waals surface area contributed by atoms with E-state index < -0.39 is 58.2 Å². The van der Waals surface area contributed by atoms with Crippen LogP contribution in [0.4, 0.5) is 0 Å². The second-order valence-electron chi connectivity index (χ2n) is 7.28. The summed E-state index contributed by atoms with van der Waals surface area (Å²) < 4.78 is 50.5. The van der Waals surface area contributed by atoms with E-state index in [0.29, 0.717) is 0 Å². The van der Waals surface area contributed by atoms with Gasteiger partial charge >= 0.3 is 39.5 Å². The predicted octanol–water partition coefficient (Wildman–Crippen LogP) is 1.44. The highest BCUT2D eigenvalue weighted by molar-refractivity contribution is 7.48. The zero-order valence-electron chi connectivity index (χ0n) is 21.3. The third-order valence-corrected chi connectivity index (χ3v) is 5.25. The first kappa shape index (κ1) is 36.9. The number of aliphatic hydroxyl groups is 3. The van der Waals surface area contributed by atoms with Crippen molar-refractivity contribution in [3.05, 3.63) is 48.6 Å². The van der Waals surface area contributed by atoms with Crippen LogP contribution in [0.25, 0.3) is 0 Å². The van der Waals surface area contributed by atoms with E-state index >= 15 is 0 Å². The summed E-state index contributed by atoms with van der Waals surface area (Å²) in [6.45, 7) is 17.3. The molecule has 0 amide bonds. The maximum Gasteiger partial charge on any atom is 0.549 e. The van der Waals surface area contributed by atoms with Crippen molar-refractivity contribution in [1.29, 1.82) is 0 Å². The van der Waals surface area contributed by atoms with Crippen LogP contribution >= 0.6 is 15.6 Å². The molecule has 0 heterocycles. The maximum atomic E-state index is 12.7. The van der Waals surface area contributed by atoms with Crippen molar-refractivity contribution >= 4 is 39.5 Å². The van der Waals surface area contributed by atoms with Crippen LogP contribution in [0.15, 0.2) is 48.6 Å². The summed E-state index contributed by atoms with van der Waals surface area (Å²) in [4.78, 5) is 62.4. The van der Waals surface area contributed by atoms with Gasteiger partial charge in [0.1, 0.15) is 0 Å². The van der Waals surface area contributed by atoms with Gasteiger partial charge in [0, 0.05) is 22.3 Å². The molecule has 0 bridgehead atoms. The van der Waals surface area contributed by atoms with Crippen molar-refractivity contribution in [3.8, 4) is 0 Å². The largest absolute Gasteiger partial charge is 0.549 e. The summed E-state index contributed by atoms with van der Waals surface area (Å²) in [5, 5.41) is 30.1. The SMILES string of the molecule is C=C(C)C(=O)OOP(=O)(OOC(=O)C(=C)C)OC(O)C(O)C(O)OP(=O)(OOC(=O)C(=C)C)OOC(=O)C(=C)C. The number of hydrogen-bond acceptors (Lipinski definition) is 19. The summed E-state index contributed by atoms with van der Waals surface area (Å²) in [6, 6.07) is 0. The highest BCUT2D eigenvalue weighted by atomic mass is 31.2. The molecule has 0 aliphatic rings. The van der Waals surface area contributed by atoms with Crippen molar-refractivity contribution in [2.75, 3.05) is 0 Å². The van der Waals surface area contributed by atoms with Crippen LogP contribution in [-0.4, -0.2) is 57.9 Å². The topological polar surface area (TPSA) is 255 Å². The molecule has 2 unspecified atom stereocenters. The Morgan fingerprint density at radius 3 is 0.900 bits per heavy atom. The lowest BCUT2D eigenvalue weighted by molar-refractivity contribution is -0.283. The number of hydrogen-bond donors (Lipinski definition) is 3. The third kappa shape index (κ3) is 13.3. The van der Waals surface area contributed by atoms with Crippen LogP contribution in [0.3, 0.4) is 0 Å². The fourth-order valence-corrected chi connectivity index (χ4v) is 2.83. The lowest BCUT2D eigenvalue weighted by atomic mass is 10.3. The van der Waals surface area contributed by atoms with Gasteiger partial charge < -0.3 is 15.3 Å². The molecule has 2 atom stereocenters. The highest BCUT2D eigenvalue weighted by Gasteiger charge is 2.45. The minimum absolute atomic E-state index is 0.301. The van der Waals surface area contributed by atoms with Crippen molar-refractivity contribution in [3.63, 3.8) is 0 Å². The average Bonchev–Trinajstić information content (AvgIpc) is 2.86. The van der Waals surface area contributed by atoms with Gasteiger partial charge in [-0.2, -0.15) is 0 Å². The smallest absolute Gasteiger partial charge is 0.382 e. The van der Waals surface area contributed by atoms with Crippen LogP contribution in [0.1, 0.15) is 27.7 Å². The lowest BCUT2D eigenvalue weighted by Gasteiger charge is -2.25. The quantitative estimate of drug-likeness (QED) is 0.0643. The molecule has 0 aliphatic heterocycles. The van der Waals surface area contributed by atoms with Crippen molar-refractivity contribution in [2.45, 2.75) is 46.4 Å². The molecule has 0 spiro atoms. The Morgan fingerprint density at radius 2 is 0.725 bits per heavy atom. The van der Waals surface area contributed by atoms with E-state index in [9.17, 15) is 43.6 Å². The molecule has 226 valence electrons. The van der Waals surface area contributed by atoms with E-state index in [1.54, 1.807) is 0 Å². The van der Waals surface area contributed by atoms with Gasteiger partial charge in [-0.15, -0.1) is 0 Å². The Balaban J connectivity index is 5.75. The van der Waals surface area contributed by atoms with E-state index in [1.807, 2.05) is 0 Å². The molecular weight excluding hydrogens is 594 g/mol. The maximum absolute atomic E-state index is 12.7. The van der Waals surface area contributed by atoms with Crippen molar-refractivity contribution in [1.82, 2.24) is 0 Å². The molecule has 40 heavy (non-hydrogen) atoms. The normalized spacial score (nSPS) is 13.7. The summed E-state index contributed by atoms with van der Waals surface area (Å²) >= 11 is 0. The molecule has 0 aromatic heterocycles. The zero-order valence-corrected chi connectivity index (χ0v) is 23.1. The molecule has 0 aliphatic carbocycles. The monoisotopic (exact) mass is 620 g/mol. The molecule has 0 aromatic carbocycles. The molecule has 19 nitrogen and oxygen atoms in total. The van der Waals surface area contributed by atoms with Crippen LogP contribution in [0.2, 0.25) is 0 Å². The Hall–Kier alpha value is -3.06. The van der Waals surface area contributed by atoms with Gasteiger partial charge in [-0.25, -0.2) is 37.4 Å². The minimum Gasteiger partial charge on any atom is -0.382 e. The van der Waals surface area contributed by atoms with Gasteiger partial charge in [-0.3, -0.25) is 19.6 Å². The van der Waals surface area contributed by atoms with Crippen LogP contribution in [0, 0.1) is 0 Å². The predicted molar refractivity (Wildman–Crippen MR) is 123 cm³/mol. The number of aliphatic hydroxyl groups excluding tert-OH is 3. The van der Waals surface area contributed by atoms with Crippen molar-refractivity contribution in [2.24, 2.45) is 0 Å². The van der Waals surface area contributed by atoms with Crippen LogP contribution < -0.4 is 0 Å². The highest BCUT2D eigenvalue weighted by Crippen LogP contribution is 2.53. The lowest BCUT2D eigenvalue weighted by Crippen LogP contribution is -2.40. The van der Waals surface area contributed by atoms with Gasteiger partial charge in [0.2, 0.25) is 0 Å². The fourth-order valence-electron chi connectivity index (χ4n) is 1.23. The van der Waals surface area contributed by atoms with E-state index in [1.165, 1.54) is 0 Å². The third-order valence-electron chi connectivity index (χ3n) is 3.27. The molecule has 0 fully saturated rings. The second-order valence-corrected chi connectivity index (χ2v) is 10.1. The summed E-state index contributed by atoms with van der Waals surface area (Å²) in [7, 11) is -11.0. The molecule has 0 saturated heterocycles. The Kier molecular flexibility index (Phi) is 15.0. The van der Waals surface area contributed by atoms with E-state index in [0.717, 1.165) is 27.7 Å². The number of carbonyl (C=O) groups is 4. The van der Waals surface area contributed by atoms with E-state index in [2.05, 4.69) is 73.6 Å². The second kappa shape index (κ2) is 16.3. The Labute approximate surface area is 226 Å².